The van der Waals surface area contributed by atoms with E-state index in [-0.39, 0.29) is 0 Å². The normalized spacial score (nSPS) is 9.58. The van der Waals surface area contributed by atoms with Crippen LogP contribution in [0.25, 0.3) is 0 Å². The largest absolute Gasteiger partial charge is 0.402 e. The first-order valence-electron chi connectivity index (χ1n) is 4.64. The van der Waals surface area contributed by atoms with Crippen molar-refractivity contribution in [2.24, 2.45) is 5.73 Å². The Labute approximate surface area is 78.4 Å². The van der Waals surface area contributed by atoms with Gasteiger partial charge in [-0.1, -0.05) is 39.8 Å². The van der Waals surface area contributed by atoms with Crippen molar-refractivity contribution < 1.29 is 0 Å². The Balaban J connectivity index is -0.000000175. The molecule has 0 amide bonds. The Hall–Kier alpha value is -0.720. The molecule has 0 bridgehead atoms. The standard InChI is InChI=1S/C7H13N.2C2H6/c1-5(2)6(3)7(4)8;2*1-2/h1,8H2,2-4H3;2*1-2H3/b7-6+;;. The Bertz CT molecular complexity index is 128. The Morgan fingerprint density at radius 2 is 1.17 bits per heavy atom. The summed E-state index contributed by atoms with van der Waals surface area (Å²) in [5, 5.41) is 0. The monoisotopic (exact) mass is 171 g/mol. The molecule has 0 saturated carbocycles. The summed E-state index contributed by atoms with van der Waals surface area (Å²) < 4.78 is 0. The summed E-state index contributed by atoms with van der Waals surface area (Å²) in [6.07, 6.45) is 0. The van der Waals surface area contributed by atoms with Crippen LogP contribution < -0.4 is 5.73 Å². The third-order valence-electron chi connectivity index (χ3n) is 1.23. The number of hydrogen-bond donors (Lipinski definition) is 1. The van der Waals surface area contributed by atoms with Crippen molar-refractivity contribution in [3.8, 4) is 0 Å². The zero-order chi connectivity index (χ0) is 10.7. The van der Waals surface area contributed by atoms with Crippen LogP contribution in [0.5, 0.6) is 0 Å². The molecule has 0 radical (unpaired) electrons. The lowest BCUT2D eigenvalue weighted by atomic mass is 10.1. The van der Waals surface area contributed by atoms with Gasteiger partial charge in [0.05, 0.1) is 0 Å². The van der Waals surface area contributed by atoms with Gasteiger partial charge in [0.2, 0.25) is 0 Å². The van der Waals surface area contributed by atoms with Gasteiger partial charge in [-0.05, 0) is 26.3 Å². The van der Waals surface area contributed by atoms with Gasteiger partial charge < -0.3 is 5.73 Å². The molecule has 0 rings (SSSR count). The highest BCUT2D eigenvalue weighted by Gasteiger charge is 1.89. The van der Waals surface area contributed by atoms with E-state index in [9.17, 15) is 0 Å². The maximum atomic E-state index is 5.46. The zero-order valence-electron chi connectivity index (χ0n) is 9.78. The van der Waals surface area contributed by atoms with Crippen molar-refractivity contribution in [1.82, 2.24) is 0 Å². The van der Waals surface area contributed by atoms with Gasteiger partial charge in [-0.15, -0.1) is 0 Å². The lowest BCUT2D eigenvalue weighted by molar-refractivity contribution is 1.20. The maximum Gasteiger partial charge on any atom is 0.00810 e. The quantitative estimate of drug-likeness (QED) is 0.595. The minimum atomic E-state index is 0.859. The van der Waals surface area contributed by atoms with E-state index in [4.69, 9.17) is 5.73 Å². The van der Waals surface area contributed by atoms with Crippen LogP contribution in [0.3, 0.4) is 0 Å². The number of rotatable bonds is 1. The summed E-state index contributed by atoms with van der Waals surface area (Å²) in [5.41, 5.74) is 8.46. The van der Waals surface area contributed by atoms with Crippen LogP contribution in [0.15, 0.2) is 23.4 Å². The van der Waals surface area contributed by atoms with E-state index in [1.165, 1.54) is 0 Å². The van der Waals surface area contributed by atoms with Gasteiger partial charge in [-0.2, -0.15) is 0 Å². The van der Waals surface area contributed by atoms with Gasteiger partial charge in [0.25, 0.3) is 0 Å². The zero-order valence-corrected chi connectivity index (χ0v) is 9.78. The SMILES string of the molecule is C=C(C)/C(C)=C(\C)N.CC.CC. The van der Waals surface area contributed by atoms with Crippen LogP contribution in [-0.2, 0) is 0 Å². The fourth-order valence-corrected chi connectivity index (χ4v) is 0.337. The number of nitrogens with two attached hydrogens (primary N) is 1. The maximum absolute atomic E-state index is 5.46. The smallest absolute Gasteiger partial charge is 0.00810 e. The minimum Gasteiger partial charge on any atom is -0.402 e. The molecular formula is C11H25N. The third-order valence-corrected chi connectivity index (χ3v) is 1.23. The van der Waals surface area contributed by atoms with Gasteiger partial charge in [-0.25, -0.2) is 0 Å². The Kier molecular flexibility index (Phi) is 18.7. The topological polar surface area (TPSA) is 26.0 Å². The molecule has 0 aliphatic heterocycles. The summed E-state index contributed by atoms with van der Waals surface area (Å²) in [6, 6.07) is 0. The number of hydrogen-bond acceptors (Lipinski definition) is 1. The van der Waals surface area contributed by atoms with Gasteiger partial charge in [0, 0.05) is 5.70 Å². The lowest BCUT2D eigenvalue weighted by Crippen LogP contribution is -1.95. The van der Waals surface area contributed by atoms with E-state index >= 15 is 0 Å². The van der Waals surface area contributed by atoms with Crippen LogP contribution >= 0.6 is 0 Å². The average Bonchev–Trinajstić information content (AvgIpc) is 2.10. The summed E-state index contributed by atoms with van der Waals surface area (Å²) in [5.74, 6) is 0. The van der Waals surface area contributed by atoms with Gasteiger partial charge >= 0.3 is 0 Å². The second-order valence-corrected chi connectivity index (χ2v) is 2.09. The average molecular weight is 171 g/mol. The van der Waals surface area contributed by atoms with Crippen molar-refractivity contribution in [2.45, 2.75) is 48.5 Å². The molecule has 12 heavy (non-hydrogen) atoms. The highest BCUT2D eigenvalue weighted by Crippen LogP contribution is 2.06. The van der Waals surface area contributed by atoms with Gasteiger partial charge in [-0.3, -0.25) is 0 Å². The third kappa shape index (κ3) is 12.0. The van der Waals surface area contributed by atoms with Crippen LogP contribution in [0.1, 0.15) is 48.5 Å². The predicted molar refractivity (Wildman–Crippen MR) is 60.1 cm³/mol. The molecule has 0 aliphatic rings. The fraction of sp³-hybridized carbons (Fsp3) is 0.636. The molecule has 0 unspecified atom stereocenters. The Morgan fingerprint density at radius 1 is 0.917 bits per heavy atom. The number of allylic oxidation sites excluding steroid dienone is 3. The summed E-state index contributed by atoms with van der Waals surface area (Å²) >= 11 is 0. The molecule has 1 nitrogen and oxygen atoms in total. The highest BCUT2D eigenvalue weighted by molar-refractivity contribution is 5.26. The first-order valence-corrected chi connectivity index (χ1v) is 4.64. The second-order valence-electron chi connectivity index (χ2n) is 2.09. The van der Waals surface area contributed by atoms with E-state index in [0.29, 0.717) is 0 Å². The second kappa shape index (κ2) is 12.9. The van der Waals surface area contributed by atoms with Crippen molar-refractivity contribution >= 4 is 0 Å². The molecule has 0 aromatic heterocycles. The minimum absolute atomic E-state index is 0.859. The van der Waals surface area contributed by atoms with Crippen molar-refractivity contribution in [1.29, 1.82) is 0 Å². The molecule has 2 N–H and O–H groups in total. The molecule has 0 fully saturated rings. The fourth-order valence-electron chi connectivity index (χ4n) is 0.337. The molecule has 0 heterocycles. The van der Waals surface area contributed by atoms with Crippen LogP contribution in [0.2, 0.25) is 0 Å². The van der Waals surface area contributed by atoms with E-state index < -0.39 is 0 Å². The van der Waals surface area contributed by atoms with Crippen molar-refractivity contribution in [3.05, 3.63) is 23.4 Å². The van der Waals surface area contributed by atoms with Crippen molar-refractivity contribution in [2.75, 3.05) is 0 Å². The Morgan fingerprint density at radius 3 is 1.17 bits per heavy atom. The summed E-state index contributed by atoms with van der Waals surface area (Å²) in [6.45, 7) is 17.5. The van der Waals surface area contributed by atoms with E-state index in [1.54, 1.807) is 0 Å². The van der Waals surface area contributed by atoms with E-state index in [2.05, 4.69) is 6.58 Å². The molecule has 0 aromatic carbocycles. The highest BCUT2D eigenvalue weighted by atomic mass is 14.6. The van der Waals surface area contributed by atoms with Gasteiger partial charge in [0.1, 0.15) is 0 Å². The molecule has 0 aliphatic carbocycles. The van der Waals surface area contributed by atoms with Crippen LogP contribution in [0.4, 0.5) is 0 Å². The molecule has 0 atom stereocenters. The van der Waals surface area contributed by atoms with Crippen LogP contribution in [-0.4, -0.2) is 0 Å². The molecular weight excluding hydrogens is 146 g/mol. The summed E-state index contributed by atoms with van der Waals surface area (Å²) in [7, 11) is 0. The van der Waals surface area contributed by atoms with Crippen LogP contribution in [0, 0.1) is 0 Å². The molecule has 0 aromatic rings. The van der Waals surface area contributed by atoms with Gasteiger partial charge in [0.15, 0.2) is 0 Å². The first kappa shape index (κ1) is 17.4. The van der Waals surface area contributed by atoms with E-state index in [0.717, 1.165) is 16.8 Å². The molecule has 0 spiro atoms. The first-order chi connectivity index (χ1) is 5.55. The predicted octanol–water partition coefficient (Wildman–Crippen LogP) is 3.87. The van der Waals surface area contributed by atoms with Crippen molar-refractivity contribution in [3.63, 3.8) is 0 Å². The lowest BCUT2D eigenvalue weighted by Gasteiger charge is -1.99. The molecule has 1 heteroatoms. The molecule has 74 valence electrons. The summed E-state index contributed by atoms with van der Waals surface area (Å²) in [4.78, 5) is 0. The van der Waals surface area contributed by atoms with E-state index in [1.807, 2.05) is 48.5 Å². The molecule has 0 saturated heterocycles.